The van der Waals surface area contributed by atoms with Gasteiger partial charge in [0.25, 0.3) is 0 Å². The lowest BCUT2D eigenvalue weighted by atomic mass is 9.85. The first-order chi connectivity index (χ1) is 8.42. The Bertz CT molecular complexity index is 345. The number of nitrogens with one attached hydrogen (secondary N) is 1. The van der Waals surface area contributed by atoms with Crippen LogP contribution in [0.5, 0.6) is 0 Å². The van der Waals surface area contributed by atoms with Crippen LogP contribution in [0, 0.1) is 5.92 Å². The van der Waals surface area contributed by atoms with E-state index in [0.717, 1.165) is 12.5 Å². The summed E-state index contributed by atoms with van der Waals surface area (Å²) in [5.74, 6) is 0.990. The molecule has 17 heavy (non-hydrogen) atoms. The predicted molar refractivity (Wildman–Crippen MR) is 71.0 cm³/mol. The second-order valence-corrected chi connectivity index (χ2v) is 5.47. The minimum absolute atomic E-state index is 0.532. The van der Waals surface area contributed by atoms with Crippen molar-refractivity contribution in [2.24, 2.45) is 5.92 Å². The van der Waals surface area contributed by atoms with E-state index in [1.807, 2.05) is 0 Å². The van der Waals surface area contributed by atoms with Crippen LogP contribution in [0.15, 0.2) is 30.3 Å². The maximum Gasteiger partial charge on any atom is 0.0449 e. The van der Waals surface area contributed by atoms with E-state index in [0.29, 0.717) is 6.04 Å². The molecule has 0 spiro atoms. The Morgan fingerprint density at radius 2 is 2.00 bits per heavy atom. The van der Waals surface area contributed by atoms with Crippen LogP contribution in [0.2, 0.25) is 0 Å². The first kappa shape index (κ1) is 11.2. The van der Waals surface area contributed by atoms with Gasteiger partial charge in [-0.3, -0.25) is 4.90 Å². The second-order valence-electron chi connectivity index (χ2n) is 5.47. The Morgan fingerprint density at radius 1 is 1.18 bits per heavy atom. The summed E-state index contributed by atoms with van der Waals surface area (Å²) in [5.41, 5.74) is 1.44. The average molecular weight is 230 g/mol. The van der Waals surface area contributed by atoms with Crippen molar-refractivity contribution in [1.29, 1.82) is 0 Å². The fourth-order valence-corrected chi connectivity index (χ4v) is 2.93. The number of piperazine rings is 1. The van der Waals surface area contributed by atoms with Crippen molar-refractivity contribution in [2.75, 3.05) is 26.2 Å². The molecule has 1 saturated heterocycles. The third kappa shape index (κ3) is 2.70. The molecule has 1 aromatic carbocycles. The summed E-state index contributed by atoms with van der Waals surface area (Å²) in [5, 5.41) is 3.63. The standard InChI is InChI=1S/C15H22N2/c1-2-7-14(8-3-1)15-12-17(10-9-16-15)11-13-5-4-6-13/h1-3,7-8,13,15-16H,4-6,9-12H2. The number of nitrogens with zero attached hydrogens (tertiary/aromatic N) is 1. The Morgan fingerprint density at radius 3 is 2.71 bits per heavy atom. The molecule has 1 atom stereocenters. The maximum atomic E-state index is 3.63. The molecule has 1 heterocycles. The summed E-state index contributed by atoms with van der Waals surface area (Å²) in [7, 11) is 0. The lowest BCUT2D eigenvalue weighted by Gasteiger charge is -2.38. The third-order valence-corrected chi connectivity index (χ3v) is 4.20. The van der Waals surface area contributed by atoms with E-state index in [-0.39, 0.29) is 0 Å². The quantitative estimate of drug-likeness (QED) is 0.858. The van der Waals surface area contributed by atoms with Gasteiger partial charge in [0.05, 0.1) is 0 Å². The smallest absolute Gasteiger partial charge is 0.0449 e. The van der Waals surface area contributed by atoms with E-state index >= 15 is 0 Å². The zero-order chi connectivity index (χ0) is 11.5. The highest BCUT2D eigenvalue weighted by molar-refractivity contribution is 5.19. The van der Waals surface area contributed by atoms with Crippen LogP contribution in [0.3, 0.4) is 0 Å². The molecule has 92 valence electrons. The van der Waals surface area contributed by atoms with Crippen LogP contribution in [-0.4, -0.2) is 31.1 Å². The van der Waals surface area contributed by atoms with Crippen molar-refractivity contribution in [3.05, 3.63) is 35.9 Å². The van der Waals surface area contributed by atoms with Crippen molar-refractivity contribution in [2.45, 2.75) is 25.3 Å². The van der Waals surface area contributed by atoms with E-state index in [9.17, 15) is 0 Å². The van der Waals surface area contributed by atoms with Crippen LogP contribution in [0.25, 0.3) is 0 Å². The van der Waals surface area contributed by atoms with Gasteiger partial charge >= 0.3 is 0 Å². The van der Waals surface area contributed by atoms with Gasteiger partial charge in [-0.15, -0.1) is 0 Å². The molecule has 2 nitrogen and oxygen atoms in total. The molecule has 1 unspecified atom stereocenters. The summed E-state index contributed by atoms with van der Waals surface area (Å²) in [6.45, 7) is 4.86. The Labute approximate surface area is 104 Å². The summed E-state index contributed by atoms with van der Waals surface area (Å²) in [4.78, 5) is 2.65. The highest BCUT2D eigenvalue weighted by Gasteiger charge is 2.25. The van der Waals surface area contributed by atoms with Gasteiger partial charge in [-0.25, -0.2) is 0 Å². The molecular formula is C15H22N2. The molecular weight excluding hydrogens is 208 g/mol. The largest absolute Gasteiger partial charge is 0.308 e. The van der Waals surface area contributed by atoms with Gasteiger partial charge in [-0.05, 0) is 24.3 Å². The first-order valence-corrected chi connectivity index (χ1v) is 6.92. The van der Waals surface area contributed by atoms with Gasteiger partial charge in [0.2, 0.25) is 0 Å². The molecule has 0 aromatic heterocycles. The number of hydrogen-bond acceptors (Lipinski definition) is 2. The second kappa shape index (κ2) is 5.19. The van der Waals surface area contributed by atoms with Crippen molar-refractivity contribution >= 4 is 0 Å². The molecule has 2 heteroatoms. The van der Waals surface area contributed by atoms with Gasteiger partial charge < -0.3 is 5.32 Å². The summed E-state index contributed by atoms with van der Waals surface area (Å²) >= 11 is 0. The van der Waals surface area contributed by atoms with Crippen molar-refractivity contribution in [3.8, 4) is 0 Å². The minimum Gasteiger partial charge on any atom is -0.308 e. The van der Waals surface area contributed by atoms with E-state index < -0.39 is 0 Å². The van der Waals surface area contributed by atoms with Gasteiger partial charge in [-0.1, -0.05) is 36.8 Å². The highest BCUT2D eigenvalue weighted by Crippen LogP contribution is 2.28. The SMILES string of the molecule is c1ccc(C2CN(CC3CCC3)CCN2)cc1. The zero-order valence-corrected chi connectivity index (χ0v) is 10.4. The van der Waals surface area contributed by atoms with E-state index in [4.69, 9.17) is 0 Å². The van der Waals surface area contributed by atoms with E-state index in [1.54, 1.807) is 0 Å². The molecule has 1 aromatic rings. The Balaban J connectivity index is 1.59. The number of rotatable bonds is 3. The van der Waals surface area contributed by atoms with Crippen LogP contribution in [-0.2, 0) is 0 Å². The van der Waals surface area contributed by atoms with Crippen molar-refractivity contribution < 1.29 is 0 Å². The molecule has 1 N–H and O–H groups in total. The molecule has 0 bridgehead atoms. The fraction of sp³-hybridized carbons (Fsp3) is 0.600. The van der Waals surface area contributed by atoms with Gasteiger partial charge in [0, 0.05) is 32.2 Å². The molecule has 2 aliphatic rings. The Hall–Kier alpha value is -0.860. The third-order valence-electron chi connectivity index (χ3n) is 4.20. The van der Waals surface area contributed by atoms with Gasteiger partial charge in [0.15, 0.2) is 0 Å². The van der Waals surface area contributed by atoms with Crippen LogP contribution < -0.4 is 5.32 Å². The highest BCUT2D eigenvalue weighted by atomic mass is 15.2. The van der Waals surface area contributed by atoms with Crippen LogP contribution in [0.4, 0.5) is 0 Å². The fourth-order valence-electron chi connectivity index (χ4n) is 2.93. The van der Waals surface area contributed by atoms with Crippen molar-refractivity contribution in [1.82, 2.24) is 10.2 Å². The van der Waals surface area contributed by atoms with Crippen molar-refractivity contribution in [3.63, 3.8) is 0 Å². The molecule has 1 aliphatic heterocycles. The molecule has 0 amide bonds. The number of benzene rings is 1. The average Bonchev–Trinajstić information content (AvgIpc) is 2.35. The zero-order valence-electron chi connectivity index (χ0n) is 10.4. The van der Waals surface area contributed by atoms with Gasteiger partial charge in [-0.2, -0.15) is 0 Å². The summed E-state index contributed by atoms with van der Waals surface area (Å²) in [6, 6.07) is 11.4. The lowest BCUT2D eigenvalue weighted by molar-refractivity contribution is 0.140. The lowest BCUT2D eigenvalue weighted by Crippen LogP contribution is -2.47. The van der Waals surface area contributed by atoms with E-state index in [1.165, 1.54) is 44.5 Å². The van der Waals surface area contributed by atoms with E-state index in [2.05, 4.69) is 40.5 Å². The van der Waals surface area contributed by atoms with Gasteiger partial charge in [0.1, 0.15) is 0 Å². The van der Waals surface area contributed by atoms with Crippen LogP contribution in [0.1, 0.15) is 30.9 Å². The molecule has 2 fully saturated rings. The number of hydrogen-bond donors (Lipinski definition) is 1. The summed E-state index contributed by atoms with van der Waals surface area (Å²) in [6.07, 6.45) is 4.37. The molecule has 1 saturated carbocycles. The van der Waals surface area contributed by atoms with Crippen LogP contribution >= 0.6 is 0 Å². The molecule has 3 rings (SSSR count). The minimum atomic E-state index is 0.532. The maximum absolute atomic E-state index is 3.63. The monoisotopic (exact) mass is 230 g/mol. The predicted octanol–water partition coefficient (Wildman–Crippen LogP) is 2.43. The topological polar surface area (TPSA) is 15.3 Å². The molecule has 1 aliphatic carbocycles. The first-order valence-electron chi connectivity index (χ1n) is 6.92. The normalized spacial score (nSPS) is 26.7. The Kier molecular flexibility index (Phi) is 3.44. The summed E-state index contributed by atoms with van der Waals surface area (Å²) < 4.78 is 0. The molecule has 0 radical (unpaired) electrons.